The predicted octanol–water partition coefficient (Wildman–Crippen LogP) is 3.64. The zero-order valence-corrected chi connectivity index (χ0v) is 18.4. The van der Waals surface area contributed by atoms with Crippen molar-refractivity contribution >= 4 is 27.8 Å². The molecule has 1 N–H and O–H groups in total. The van der Waals surface area contributed by atoms with Crippen molar-refractivity contribution in [2.24, 2.45) is 0 Å². The van der Waals surface area contributed by atoms with Crippen LogP contribution in [0.5, 0.6) is 0 Å². The van der Waals surface area contributed by atoms with Gasteiger partial charge in [0.1, 0.15) is 11.4 Å². The van der Waals surface area contributed by atoms with E-state index < -0.39 is 0 Å². The number of carbonyl (C=O) groups excluding carboxylic acids is 1. The third-order valence-electron chi connectivity index (χ3n) is 5.92. The highest BCUT2D eigenvalue weighted by Gasteiger charge is 2.29. The molecule has 0 bridgehead atoms. The fourth-order valence-corrected chi connectivity index (χ4v) is 4.35. The van der Waals surface area contributed by atoms with E-state index in [0.29, 0.717) is 41.0 Å². The topological polar surface area (TPSA) is 97.7 Å². The molecule has 2 aromatic heterocycles. The molecule has 8 heteroatoms. The number of methoxy groups -OCH3 is 1. The molecule has 8 nitrogen and oxygen atoms in total. The first kappa shape index (κ1) is 21.4. The first-order chi connectivity index (χ1) is 16.1. The fraction of sp³-hybridized carbons (Fsp3) is 0.320. The van der Waals surface area contributed by atoms with Crippen LogP contribution in [0.15, 0.2) is 57.7 Å². The van der Waals surface area contributed by atoms with Crippen LogP contribution in [0.25, 0.3) is 21.9 Å². The van der Waals surface area contributed by atoms with Gasteiger partial charge in [-0.15, -0.1) is 0 Å². The summed E-state index contributed by atoms with van der Waals surface area (Å²) in [4.78, 5) is 35.4. The molecule has 4 aromatic rings. The van der Waals surface area contributed by atoms with Crippen LogP contribution in [0, 0.1) is 0 Å². The molecule has 0 aliphatic carbocycles. The molecule has 2 aromatic carbocycles. The van der Waals surface area contributed by atoms with E-state index in [1.807, 2.05) is 30.3 Å². The Morgan fingerprint density at radius 3 is 2.76 bits per heavy atom. The summed E-state index contributed by atoms with van der Waals surface area (Å²) in [7, 11) is 1.59. The average molecular weight is 447 g/mol. The number of hydrogen-bond acceptors (Lipinski definition) is 6. The van der Waals surface area contributed by atoms with Crippen molar-refractivity contribution in [3.8, 4) is 0 Å². The van der Waals surface area contributed by atoms with Gasteiger partial charge in [0.15, 0.2) is 5.76 Å². The molecular weight excluding hydrogens is 422 g/mol. The van der Waals surface area contributed by atoms with Gasteiger partial charge in [-0.2, -0.15) is 0 Å². The predicted molar refractivity (Wildman–Crippen MR) is 123 cm³/mol. The Morgan fingerprint density at radius 2 is 1.97 bits per heavy atom. The van der Waals surface area contributed by atoms with Crippen molar-refractivity contribution in [2.75, 3.05) is 20.3 Å². The summed E-state index contributed by atoms with van der Waals surface area (Å²) >= 11 is 0. The number of aromatic nitrogens is 2. The van der Waals surface area contributed by atoms with Gasteiger partial charge in [-0.3, -0.25) is 9.59 Å². The molecule has 0 spiro atoms. The Kier molecular flexibility index (Phi) is 5.93. The summed E-state index contributed by atoms with van der Waals surface area (Å²) in [6, 6.07) is 14.7. The van der Waals surface area contributed by atoms with Gasteiger partial charge in [0.25, 0.3) is 11.5 Å². The number of aromatic amines is 1. The van der Waals surface area contributed by atoms with E-state index in [4.69, 9.17) is 13.9 Å². The molecule has 33 heavy (non-hydrogen) atoms. The SMILES string of the molecule is COCc1c(C(=O)N(Cc2nc3ccccc3c(=O)[nH]2)CC2CCCO2)oc2ccccc12. The second kappa shape index (κ2) is 9.17. The molecule has 0 radical (unpaired) electrons. The molecule has 170 valence electrons. The van der Waals surface area contributed by atoms with Crippen LogP contribution >= 0.6 is 0 Å². The van der Waals surface area contributed by atoms with Crippen LogP contribution in [0.4, 0.5) is 0 Å². The zero-order chi connectivity index (χ0) is 22.8. The Hall–Kier alpha value is -3.49. The molecular formula is C25H25N3O5. The van der Waals surface area contributed by atoms with Crippen LogP contribution in [0.3, 0.4) is 0 Å². The maximum atomic E-state index is 13.8. The summed E-state index contributed by atoms with van der Waals surface area (Å²) in [5, 5.41) is 1.36. The quantitative estimate of drug-likeness (QED) is 0.465. The summed E-state index contributed by atoms with van der Waals surface area (Å²) in [6.07, 6.45) is 1.75. The van der Waals surface area contributed by atoms with Crippen LogP contribution in [0.2, 0.25) is 0 Å². The lowest BCUT2D eigenvalue weighted by Crippen LogP contribution is -2.38. The van der Waals surface area contributed by atoms with Gasteiger partial charge >= 0.3 is 0 Å². The van der Waals surface area contributed by atoms with Gasteiger partial charge < -0.3 is 23.8 Å². The minimum atomic E-state index is -0.287. The Labute approximate surface area is 190 Å². The Balaban J connectivity index is 1.53. The minimum absolute atomic E-state index is 0.0728. The van der Waals surface area contributed by atoms with E-state index in [1.165, 1.54) is 0 Å². The van der Waals surface area contributed by atoms with Crippen LogP contribution in [-0.2, 0) is 22.6 Å². The van der Waals surface area contributed by atoms with Crippen LogP contribution < -0.4 is 5.56 Å². The number of rotatable bonds is 7. The number of nitrogens with zero attached hydrogens (tertiary/aromatic N) is 2. The number of nitrogens with one attached hydrogen (secondary N) is 1. The number of amides is 1. The van der Waals surface area contributed by atoms with E-state index >= 15 is 0 Å². The van der Waals surface area contributed by atoms with Crippen LogP contribution in [0.1, 0.15) is 34.8 Å². The monoisotopic (exact) mass is 447 g/mol. The van der Waals surface area contributed by atoms with E-state index in [1.54, 1.807) is 30.2 Å². The third kappa shape index (κ3) is 4.27. The van der Waals surface area contributed by atoms with E-state index in [9.17, 15) is 9.59 Å². The first-order valence-corrected chi connectivity index (χ1v) is 11.0. The molecule has 3 heterocycles. The number of ether oxygens (including phenoxy) is 2. The van der Waals surface area contributed by atoms with Crippen molar-refractivity contribution in [1.82, 2.24) is 14.9 Å². The summed E-state index contributed by atoms with van der Waals surface area (Å²) < 4.78 is 17.1. The number of carbonyl (C=O) groups is 1. The molecule has 1 amide bonds. The third-order valence-corrected chi connectivity index (χ3v) is 5.92. The molecule has 1 fully saturated rings. The normalized spacial score (nSPS) is 16.0. The maximum Gasteiger partial charge on any atom is 0.290 e. The summed E-state index contributed by atoms with van der Waals surface area (Å²) in [5.41, 5.74) is 1.69. The van der Waals surface area contributed by atoms with Gasteiger partial charge in [0.2, 0.25) is 0 Å². The second-order valence-electron chi connectivity index (χ2n) is 8.19. The summed E-state index contributed by atoms with van der Waals surface area (Å²) in [5.74, 6) is 0.359. The number of H-pyrrole nitrogens is 1. The number of fused-ring (bicyclic) bond motifs is 2. The molecule has 1 aliphatic rings. The standard InChI is InChI=1S/C25H25N3O5/c1-31-15-19-17-8-3-5-11-21(17)33-23(19)25(30)28(13-16-7-6-12-32-16)14-22-26-20-10-4-2-9-18(20)24(29)27-22/h2-5,8-11,16H,6-7,12-15H2,1H3,(H,26,27,29). The summed E-state index contributed by atoms with van der Waals surface area (Å²) in [6.45, 7) is 1.43. The van der Waals surface area contributed by atoms with E-state index in [-0.39, 0.29) is 36.5 Å². The first-order valence-electron chi connectivity index (χ1n) is 11.0. The van der Waals surface area contributed by atoms with Gasteiger partial charge in [0, 0.05) is 31.2 Å². The Morgan fingerprint density at radius 1 is 1.18 bits per heavy atom. The molecule has 1 unspecified atom stereocenters. The Bertz CT molecular complexity index is 1350. The molecule has 0 saturated carbocycles. The highest BCUT2D eigenvalue weighted by molar-refractivity contribution is 5.99. The van der Waals surface area contributed by atoms with Crippen molar-refractivity contribution in [3.05, 3.63) is 76.0 Å². The molecule has 1 aliphatic heterocycles. The van der Waals surface area contributed by atoms with Gasteiger partial charge in [-0.1, -0.05) is 30.3 Å². The smallest absolute Gasteiger partial charge is 0.290 e. The van der Waals surface area contributed by atoms with Gasteiger partial charge in [-0.25, -0.2) is 4.98 Å². The van der Waals surface area contributed by atoms with E-state index in [2.05, 4.69) is 9.97 Å². The van der Waals surface area contributed by atoms with Crippen molar-refractivity contribution in [1.29, 1.82) is 0 Å². The van der Waals surface area contributed by atoms with E-state index in [0.717, 1.165) is 18.2 Å². The van der Waals surface area contributed by atoms with Crippen molar-refractivity contribution in [2.45, 2.75) is 32.1 Å². The van der Waals surface area contributed by atoms with Gasteiger partial charge in [-0.05, 0) is 31.0 Å². The largest absolute Gasteiger partial charge is 0.451 e. The minimum Gasteiger partial charge on any atom is -0.451 e. The van der Waals surface area contributed by atoms with Gasteiger partial charge in [0.05, 0.1) is 30.2 Å². The second-order valence-corrected chi connectivity index (χ2v) is 8.19. The van der Waals surface area contributed by atoms with Crippen molar-refractivity contribution < 1.29 is 18.7 Å². The lowest BCUT2D eigenvalue weighted by atomic mass is 10.1. The zero-order valence-electron chi connectivity index (χ0n) is 18.4. The molecule has 1 saturated heterocycles. The molecule has 5 rings (SSSR count). The number of para-hydroxylation sites is 2. The number of hydrogen-bond donors (Lipinski definition) is 1. The van der Waals surface area contributed by atoms with Crippen molar-refractivity contribution in [3.63, 3.8) is 0 Å². The number of benzene rings is 2. The highest BCUT2D eigenvalue weighted by atomic mass is 16.5. The maximum absolute atomic E-state index is 13.8. The van der Waals surface area contributed by atoms with Crippen LogP contribution in [-0.4, -0.2) is 47.1 Å². The highest BCUT2D eigenvalue weighted by Crippen LogP contribution is 2.28. The lowest BCUT2D eigenvalue weighted by Gasteiger charge is -2.24. The average Bonchev–Trinajstić information content (AvgIpc) is 3.47. The fourth-order valence-electron chi connectivity index (χ4n) is 4.35. The molecule has 1 atom stereocenters. The number of furan rings is 1. The lowest BCUT2D eigenvalue weighted by molar-refractivity contribution is 0.0475.